The van der Waals surface area contributed by atoms with Crippen LogP contribution in [-0.2, 0) is 4.74 Å². The van der Waals surface area contributed by atoms with Crippen molar-refractivity contribution in [1.29, 1.82) is 0 Å². The first-order chi connectivity index (χ1) is 10.0. The quantitative estimate of drug-likeness (QED) is 0.834. The molecule has 0 saturated carbocycles. The second kappa shape index (κ2) is 7.92. The van der Waals surface area contributed by atoms with E-state index in [0.717, 1.165) is 19.7 Å². The topological polar surface area (TPSA) is 24.5 Å². The van der Waals surface area contributed by atoms with Crippen LogP contribution in [0.2, 0.25) is 0 Å². The van der Waals surface area contributed by atoms with Crippen LogP contribution in [0.1, 0.15) is 45.3 Å². The SMILES string of the molecule is CC(C)(C)NCC(OCCN1CCCC1)c1ccccc1. The van der Waals surface area contributed by atoms with Gasteiger partial charge < -0.3 is 15.0 Å². The number of ether oxygens (including phenoxy) is 1. The van der Waals surface area contributed by atoms with Gasteiger partial charge in [-0.1, -0.05) is 30.3 Å². The molecule has 1 fully saturated rings. The summed E-state index contributed by atoms with van der Waals surface area (Å²) in [4.78, 5) is 2.50. The van der Waals surface area contributed by atoms with Crippen molar-refractivity contribution in [1.82, 2.24) is 10.2 Å². The van der Waals surface area contributed by atoms with Crippen molar-refractivity contribution in [3.05, 3.63) is 35.9 Å². The molecule has 1 aliphatic heterocycles. The summed E-state index contributed by atoms with van der Waals surface area (Å²) in [6.45, 7) is 11.8. The van der Waals surface area contributed by atoms with E-state index in [-0.39, 0.29) is 11.6 Å². The first kappa shape index (κ1) is 16.5. The number of benzene rings is 1. The molecule has 1 aliphatic rings. The molecule has 0 radical (unpaired) electrons. The molecule has 0 spiro atoms. The highest BCUT2D eigenvalue weighted by Crippen LogP contribution is 2.18. The fourth-order valence-electron chi connectivity index (χ4n) is 2.67. The normalized spacial score (nSPS) is 18.0. The summed E-state index contributed by atoms with van der Waals surface area (Å²) in [6.07, 6.45) is 2.81. The van der Waals surface area contributed by atoms with Crippen LogP contribution in [0.4, 0.5) is 0 Å². The van der Waals surface area contributed by atoms with Crippen molar-refractivity contribution in [3.63, 3.8) is 0 Å². The molecule has 1 aromatic carbocycles. The lowest BCUT2D eigenvalue weighted by atomic mass is 10.1. The zero-order valence-corrected chi connectivity index (χ0v) is 13.8. The highest BCUT2D eigenvalue weighted by atomic mass is 16.5. The lowest BCUT2D eigenvalue weighted by molar-refractivity contribution is 0.0365. The molecule has 21 heavy (non-hydrogen) atoms. The van der Waals surface area contributed by atoms with E-state index in [0.29, 0.717) is 0 Å². The van der Waals surface area contributed by atoms with E-state index in [9.17, 15) is 0 Å². The number of nitrogens with zero attached hydrogens (tertiary/aromatic N) is 1. The minimum absolute atomic E-state index is 0.116. The lowest BCUT2D eigenvalue weighted by Gasteiger charge is -2.26. The molecule has 1 N–H and O–H groups in total. The van der Waals surface area contributed by atoms with Gasteiger partial charge in [-0.3, -0.25) is 0 Å². The van der Waals surface area contributed by atoms with Crippen LogP contribution >= 0.6 is 0 Å². The third kappa shape index (κ3) is 6.16. The number of rotatable bonds is 7. The summed E-state index contributed by atoms with van der Waals surface area (Å²) in [5.41, 5.74) is 1.38. The van der Waals surface area contributed by atoms with Crippen LogP contribution in [0.3, 0.4) is 0 Å². The number of hydrogen-bond acceptors (Lipinski definition) is 3. The van der Waals surface area contributed by atoms with Gasteiger partial charge in [-0.15, -0.1) is 0 Å². The lowest BCUT2D eigenvalue weighted by Crippen LogP contribution is -2.39. The molecule has 1 saturated heterocycles. The third-order valence-electron chi connectivity index (χ3n) is 3.91. The molecule has 0 aromatic heterocycles. The summed E-state index contributed by atoms with van der Waals surface area (Å²) >= 11 is 0. The minimum atomic E-state index is 0.116. The largest absolute Gasteiger partial charge is 0.371 e. The molecule has 1 atom stereocenters. The van der Waals surface area contributed by atoms with Crippen molar-refractivity contribution in [2.75, 3.05) is 32.8 Å². The Hall–Kier alpha value is -0.900. The maximum Gasteiger partial charge on any atom is 0.0950 e. The Morgan fingerprint density at radius 1 is 1.14 bits per heavy atom. The van der Waals surface area contributed by atoms with Crippen LogP contribution in [0.15, 0.2) is 30.3 Å². The van der Waals surface area contributed by atoms with E-state index in [1.807, 2.05) is 0 Å². The van der Waals surface area contributed by atoms with Gasteiger partial charge in [0.2, 0.25) is 0 Å². The van der Waals surface area contributed by atoms with Crippen LogP contribution in [0.5, 0.6) is 0 Å². The molecule has 1 unspecified atom stereocenters. The predicted octanol–water partition coefficient (Wildman–Crippen LogP) is 3.23. The van der Waals surface area contributed by atoms with Crippen molar-refractivity contribution in [2.24, 2.45) is 0 Å². The van der Waals surface area contributed by atoms with Crippen molar-refractivity contribution in [2.45, 2.75) is 45.3 Å². The van der Waals surface area contributed by atoms with Crippen LogP contribution in [0.25, 0.3) is 0 Å². The van der Waals surface area contributed by atoms with Crippen molar-refractivity contribution in [3.8, 4) is 0 Å². The van der Waals surface area contributed by atoms with Gasteiger partial charge >= 0.3 is 0 Å². The Labute approximate surface area is 129 Å². The maximum absolute atomic E-state index is 6.18. The second-order valence-electron chi connectivity index (χ2n) is 6.95. The average molecular weight is 290 g/mol. The zero-order valence-electron chi connectivity index (χ0n) is 13.8. The first-order valence-corrected chi connectivity index (χ1v) is 8.18. The smallest absolute Gasteiger partial charge is 0.0950 e. The standard InChI is InChI=1S/C18H30N2O/c1-18(2,3)19-15-17(16-9-5-4-6-10-16)21-14-13-20-11-7-8-12-20/h4-6,9-10,17,19H,7-8,11-15H2,1-3H3. The Morgan fingerprint density at radius 3 is 2.43 bits per heavy atom. The number of nitrogens with one attached hydrogen (secondary N) is 1. The highest BCUT2D eigenvalue weighted by molar-refractivity contribution is 5.18. The highest BCUT2D eigenvalue weighted by Gasteiger charge is 2.17. The van der Waals surface area contributed by atoms with Gasteiger partial charge in [0.1, 0.15) is 0 Å². The summed E-state index contributed by atoms with van der Waals surface area (Å²) < 4.78 is 6.18. The molecular weight excluding hydrogens is 260 g/mol. The van der Waals surface area contributed by atoms with Gasteiger partial charge in [0.05, 0.1) is 12.7 Å². The fourth-order valence-corrected chi connectivity index (χ4v) is 2.67. The zero-order chi connectivity index (χ0) is 15.1. The van der Waals surface area contributed by atoms with E-state index in [1.165, 1.54) is 31.5 Å². The average Bonchev–Trinajstić information content (AvgIpc) is 2.95. The minimum Gasteiger partial charge on any atom is -0.371 e. The second-order valence-corrected chi connectivity index (χ2v) is 6.95. The summed E-state index contributed by atoms with van der Waals surface area (Å²) in [6, 6.07) is 10.5. The fraction of sp³-hybridized carbons (Fsp3) is 0.667. The molecule has 3 nitrogen and oxygen atoms in total. The summed E-state index contributed by atoms with van der Waals surface area (Å²) in [7, 11) is 0. The molecule has 0 bridgehead atoms. The van der Waals surface area contributed by atoms with Crippen molar-refractivity contribution >= 4 is 0 Å². The molecule has 1 aromatic rings. The van der Waals surface area contributed by atoms with Gasteiger partial charge in [0.15, 0.2) is 0 Å². The summed E-state index contributed by atoms with van der Waals surface area (Å²) in [5, 5.41) is 3.56. The van der Waals surface area contributed by atoms with E-state index in [1.54, 1.807) is 0 Å². The molecule has 1 heterocycles. The Kier molecular flexibility index (Phi) is 6.22. The van der Waals surface area contributed by atoms with Gasteiger partial charge in [0, 0.05) is 18.6 Å². The molecule has 0 amide bonds. The van der Waals surface area contributed by atoms with E-state index in [2.05, 4.69) is 61.3 Å². The van der Waals surface area contributed by atoms with Crippen LogP contribution in [0, 0.1) is 0 Å². The van der Waals surface area contributed by atoms with Gasteiger partial charge in [-0.2, -0.15) is 0 Å². The molecule has 2 rings (SSSR count). The molecular formula is C18H30N2O. The molecule has 118 valence electrons. The number of likely N-dealkylation sites (tertiary alicyclic amines) is 1. The Morgan fingerprint density at radius 2 is 1.81 bits per heavy atom. The van der Waals surface area contributed by atoms with Crippen molar-refractivity contribution < 1.29 is 4.74 Å². The third-order valence-corrected chi connectivity index (χ3v) is 3.91. The maximum atomic E-state index is 6.18. The van der Waals surface area contributed by atoms with E-state index in [4.69, 9.17) is 4.74 Å². The van der Waals surface area contributed by atoms with E-state index >= 15 is 0 Å². The van der Waals surface area contributed by atoms with Gasteiger partial charge in [-0.25, -0.2) is 0 Å². The van der Waals surface area contributed by atoms with Crippen LogP contribution in [-0.4, -0.2) is 43.2 Å². The Bertz CT molecular complexity index is 393. The van der Waals surface area contributed by atoms with Gasteiger partial charge in [0.25, 0.3) is 0 Å². The Balaban J connectivity index is 1.85. The van der Waals surface area contributed by atoms with Crippen LogP contribution < -0.4 is 5.32 Å². The van der Waals surface area contributed by atoms with E-state index < -0.39 is 0 Å². The molecule has 0 aliphatic carbocycles. The first-order valence-electron chi connectivity index (χ1n) is 8.18. The predicted molar refractivity (Wildman–Crippen MR) is 88.6 cm³/mol. The number of hydrogen-bond donors (Lipinski definition) is 1. The summed E-state index contributed by atoms with van der Waals surface area (Å²) in [5.74, 6) is 0. The molecule has 3 heteroatoms. The monoisotopic (exact) mass is 290 g/mol. The van der Waals surface area contributed by atoms with Gasteiger partial charge in [-0.05, 0) is 52.3 Å².